The van der Waals surface area contributed by atoms with E-state index in [-0.39, 0.29) is 22.9 Å². The summed E-state index contributed by atoms with van der Waals surface area (Å²) in [6.07, 6.45) is 2.76. The van der Waals surface area contributed by atoms with Crippen molar-refractivity contribution in [1.29, 1.82) is 0 Å². The molecule has 0 aliphatic carbocycles. The highest BCUT2D eigenvalue weighted by Crippen LogP contribution is 2.32. The van der Waals surface area contributed by atoms with Crippen LogP contribution in [0.25, 0.3) is 10.2 Å². The number of hydrogen-bond acceptors (Lipinski definition) is 6. The van der Waals surface area contributed by atoms with E-state index in [4.69, 9.17) is 11.6 Å². The zero-order valence-electron chi connectivity index (χ0n) is 15.8. The zero-order valence-corrected chi connectivity index (χ0v) is 18.2. The quantitative estimate of drug-likeness (QED) is 0.437. The highest BCUT2D eigenvalue weighted by molar-refractivity contribution is 7.90. The summed E-state index contributed by atoms with van der Waals surface area (Å²) in [6.45, 7) is 0.191. The maximum absolute atomic E-state index is 13.4. The van der Waals surface area contributed by atoms with Crippen LogP contribution < -0.4 is 4.90 Å². The Kier molecular flexibility index (Phi) is 5.55. The van der Waals surface area contributed by atoms with Crippen molar-refractivity contribution in [2.75, 3.05) is 11.2 Å². The molecule has 0 N–H and O–H groups in total. The van der Waals surface area contributed by atoms with Gasteiger partial charge in [-0.15, -0.1) is 0 Å². The number of rotatable bonds is 5. The average Bonchev–Trinajstić information content (AvgIpc) is 3.14. The van der Waals surface area contributed by atoms with E-state index in [0.29, 0.717) is 15.8 Å². The third kappa shape index (κ3) is 4.35. The van der Waals surface area contributed by atoms with Gasteiger partial charge in [0.1, 0.15) is 0 Å². The first kappa shape index (κ1) is 20.5. The minimum absolute atomic E-state index is 0.0854. The smallest absolute Gasteiger partial charge is 0.260 e. The lowest BCUT2D eigenvalue weighted by Crippen LogP contribution is -2.30. The number of aromatic nitrogens is 2. The van der Waals surface area contributed by atoms with Crippen LogP contribution in [-0.2, 0) is 16.4 Å². The van der Waals surface area contributed by atoms with E-state index in [1.165, 1.54) is 28.4 Å². The summed E-state index contributed by atoms with van der Waals surface area (Å²) in [4.78, 5) is 23.9. The standard InChI is InChI=1S/C21H16ClN3O3S2/c1-30(27,28)17-7-4-5-14(11-17)20(26)25(13-16-6-2-3-10-23-16)21-24-18-9-8-15(22)12-19(18)29-21/h2-12H,13H2,1H3. The second-order valence-electron chi connectivity index (χ2n) is 6.62. The molecule has 2 aromatic heterocycles. The molecule has 0 saturated heterocycles. The fourth-order valence-electron chi connectivity index (χ4n) is 2.90. The lowest BCUT2D eigenvalue weighted by molar-refractivity contribution is 0.0984. The van der Waals surface area contributed by atoms with Gasteiger partial charge < -0.3 is 0 Å². The highest BCUT2D eigenvalue weighted by Gasteiger charge is 2.23. The molecule has 4 aromatic rings. The summed E-state index contributed by atoms with van der Waals surface area (Å²) in [5, 5.41) is 1.06. The molecule has 6 nitrogen and oxygen atoms in total. The third-order valence-corrected chi connectivity index (χ3v) is 6.76. The van der Waals surface area contributed by atoms with E-state index in [1.807, 2.05) is 12.1 Å². The fourth-order valence-corrected chi connectivity index (χ4v) is 4.80. The molecule has 4 rings (SSSR count). The number of carbonyl (C=O) groups is 1. The third-order valence-electron chi connectivity index (χ3n) is 4.37. The van der Waals surface area contributed by atoms with Crippen molar-refractivity contribution >= 4 is 54.0 Å². The maximum Gasteiger partial charge on any atom is 0.260 e. The van der Waals surface area contributed by atoms with Crippen molar-refractivity contribution in [2.24, 2.45) is 0 Å². The number of hydrogen-bond donors (Lipinski definition) is 0. The van der Waals surface area contributed by atoms with E-state index in [0.717, 1.165) is 16.5 Å². The molecule has 0 saturated carbocycles. The maximum atomic E-state index is 13.4. The minimum atomic E-state index is -3.44. The molecule has 0 spiro atoms. The normalized spacial score (nSPS) is 11.5. The molecule has 9 heteroatoms. The first-order chi connectivity index (χ1) is 14.3. The zero-order chi connectivity index (χ0) is 21.3. The molecule has 152 valence electrons. The Morgan fingerprint density at radius 2 is 1.93 bits per heavy atom. The molecule has 0 radical (unpaired) electrons. The van der Waals surface area contributed by atoms with Crippen molar-refractivity contribution in [1.82, 2.24) is 9.97 Å². The molecule has 2 heterocycles. The van der Waals surface area contributed by atoms with E-state index in [2.05, 4.69) is 9.97 Å². The summed E-state index contributed by atoms with van der Waals surface area (Å²) in [5.41, 5.74) is 1.66. The van der Waals surface area contributed by atoms with Gasteiger partial charge in [0.05, 0.1) is 27.4 Å². The van der Waals surface area contributed by atoms with Crippen LogP contribution >= 0.6 is 22.9 Å². The monoisotopic (exact) mass is 457 g/mol. The number of halogens is 1. The fraction of sp³-hybridized carbons (Fsp3) is 0.0952. The van der Waals surface area contributed by atoms with Gasteiger partial charge in [0.2, 0.25) is 0 Å². The number of benzene rings is 2. The Balaban J connectivity index is 1.79. The Labute approximate surface area is 182 Å². The van der Waals surface area contributed by atoms with Crippen molar-refractivity contribution in [3.63, 3.8) is 0 Å². The van der Waals surface area contributed by atoms with Gasteiger partial charge in [-0.05, 0) is 48.5 Å². The van der Waals surface area contributed by atoms with Gasteiger partial charge in [-0.3, -0.25) is 14.7 Å². The predicted molar refractivity (Wildman–Crippen MR) is 119 cm³/mol. The number of thiazole rings is 1. The van der Waals surface area contributed by atoms with Crippen LogP contribution in [0.15, 0.2) is 71.8 Å². The van der Waals surface area contributed by atoms with Gasteiger partial charge in [-0.2, -0.15) is 0 Å². The van der Waals surface area contributed by atoms with Crippen LogP contribution in [0.4, 0.5) is 5.13 Å². The van der Waals surface area contributed by atoms with Gasteiger partial charge in [0, 0.05) is 23.0 Å². The van der Waals surface area contributed by atoms with Crippen molar-refractivity contribution < 1.29 is 13.2 Å². The summed E-state index contributed by atoms with van der Waals surface area (Å²) < 4.78 is 24.7. The average molecular weight is 458 g/mol. The largest absolute Gasteiger partial charge is 0.278 e. The summed E-state index contributed by atoms with van der Waals surface area (Å²) in [6, 6.07) is 16.8. The molecular weight excluding hydrogens is 442 g/mol. The van der Waals surface area contributed by atoms with Crippen LogP contribution in [0.1, 0.15) is 16.1 Å². The van der Waals surface area contributed by atoms with Gasteiger partial charge in [-0.25, -0.2) is 13.4 Å². The molecule has 0 aliphatic rings. The van der Waals surface area contributed by atoms with Crippen LogP contribution in [0.2, 0.25) is 5.02 Å². The molecular formula is C21H16ClN3O3S2. The predicted octanol–water partition coefficient (Wildman–Crippen LogP) is 4.60. The first-order valence-electron chi connectivity index (χ1n) is 8.89. The topological polar surface area (TPSA) is 80.2 Å². The Bertz CT molecular complexity index is 1340. The number of anilines is 1. The summed E-state index contributed by atoms with van der Waals surface area (Å²) in [5.74, 6) is -0.365. The number of pyridine rings is 1. The van der Waals surface area contributed by atoms with Gasteiger partial charge in [0.25, 0.3) is 5.91 Å². The van der Waals surface area contributed by atoms with Crippen molar-refractivity contribution in [3.05, 3.63) is 83.1 Å². The molecule has 1 amide bonds. The first-order valence-corrected chi connectivity index (χ1v) is 12.0. The minimum Gasteiger partial charge on any atom is -0.278 e. The van der Waals surface area contributed by atoms with E-state index >= 15 is 0 Å². The molecule has 2 aromatic carbocycles. The molecule has 0 unspecified atom stereocenters. The molecule has 30 heavy (non-hydrogen) atoms. The molecule has 0 atom stereocenters. The summed E-state index contributed by atoms with van der Waals surface area (Å²) in [7, 11) is -3.44. The van der Waals surface area contributed by atoms with Crippen molar-refractivity contribution in [3.8, 4) is 0 Å². The second kappa shape index (κ2) is 8.14. The molecule has 0 fully saturated rings. The Morgan fingerprint density at radius 3 is 2.67 bits per heavy atom. The SMILES string of the molecule is CS(=O)(=O)c1cccc(C(=O)N(Cc2ccccn2)c2nc3ccc(Cl)cc3s2)c1. The molecule has 0 bridgehead atoms. The van der Waals surface area contributed by atoms with Crippen molar-refractivity contribution in [2.45, 2.75) is 11.4 Å². The van der Waals surface area contributed by atoms with Gasteiger partial charge in [0.15, 0.2) is 15.0 Å². The van der Waals surface area contributed by atoms with Crippen LogP contribution in [0.3, 0.4) is 0 Å². The number of amides is 1. The van der Waals surface area contributed by atoms with Crippen LogP contribution in [0.5, 0.6) is 0 Å². The molecule has 0 aliphatic heterocycles. The lowest BCUT2D eigenvalue weighted by atomic mass is 10.2. The summed E-state index contributed by atoms with van der Waals surface area (Å²) >= 11 is 7.42. The van der Waals surface area contributed by atoms with Crippen LogP contribution in [-0.4, -0.2) is 30.5 Å². The van der Waals surface area contributed by atoms with E-state index < -0.39 is 9.84 Å². The number of fused-ring (bicyclic) bond motifs is 1. The highest BCUT2D eigenvalue weighted by atomic mass is 35.5. The second-order valence-corrected chi connectivity index (χ2v) is 10.1. The Hall–Kier alpha value is -2.81. The lowest BCUT2D eigenvalue weighted by Gasteiger charge is -2.20. The number of sulfone groups is 1. The van der Waals surface area contributed by atoms with E-state index in [9.17, 15) is 13.2 Å². The van der Waals surface area contributed by atoms with Gasteiger partial charge >= 0.3 is 0 Å². The van der Waals surface area contributed by atoms with Gasteiger partial charge in [-0.1, -0.05) is 35.1 Å². The van der Waals surface area contributed by atoms with Crippen LogP contribution in [0, 0.1) is 0 Å². The number of carbonyl (C=O) groups excluding carboxylic acids is 1. The number of nitrogens with zero attached hydrogens (tertiary/aromatic N) is 3. The van der Waals surface area contributed by atoms with E-state index in [1.54, 1.807) is 42.6 Å². The Morgan fingerprint density at radius 1 is 1.10 bits per heavy atom.